The number of methoxy groups -OCH3 is 3. The minimum absolute atomic E-state index is 0.00759. The molecular weight excluding hydrogens is 881 g/mol. The highest BCUT2D eigenvalue weighted by Gasteiger charge is 2.73. The van der Waals surface area contributed by atoms with Gasteiger partial charge in [-0.2, -0.15) is 0 Å². The Morgan fingerprint density at radius 2 is 1.40 bits per heavy atom. The molecule has 23 atom stereocenters. The molecule has 8 rings (SSSR count). The number of allylic oxidation sites excluding steroid dienone is 1. The third-order valence-electron chi connectivity index (χ3n) is 18.1. The van der Waals surface area contributed by atoms with E-state index in [9.17, 15) is 24.9 Å². The summed E-state index contributed by atoms with van der Waals surface area (Å²) in [6.45, 7) is 15.5. The van der Waals surface area contributed by atoms with E-state index in [1.165, 1.54) is 14.0 Å². The quantitative estimate of drug-likeness (QED) is 0.162. The van der Waals surface area contributed by atoms with E-state index in [1.807, 2.05) is 45.9 Å². The summed E-state index contributed by atoms with van der Waals surface area (Å²) in [4.78, 5) is 26.1. The Hall–Kier alpha value is -2.58. The zero-order valence-electron chi connectivity index (χ0n) is 41.8. The zero-order chi connectivity index (χ0) is 49.1. The molecule has 0 spiro atoms. The third-order valence-corrected chi connectivity index (χ3v) is 18.1. The minimum atomic E-state index is -1.23. The van der Waals surface area contributed by atoms with Crippen molar-refractivity contribution in [2.75, 3.05) is 21.3 Å². The molecule has 3 saturated heterocycles. The van der Waals surface area contributed by atoms with Crippen LogP contribution in [0, 0.1) is 34.0 Å². The van der Waals surface area contributed by atoms with Crippen molar-refractivity contribution in [2.45, 2.75) is 211 Å². The second-order valence-electron chi connectivity index (χ2n) is 21.6. The van der Waals surface area contributed by atoms with Crippen LogP contribution in [0.2, 0.25) is 0 Å². The van der Waals surface area contributed by atoms with Crippen molar-refractivity contribution < 1.29 is 77.0 Å². The van der Waals surface area contributed by atoms with Gasteiger partial charge in [-0.15, -0.1) is 0 Å². The number of benzene rings is 1. The molecule has 3 heterocycles. The Labute approximate surface area is 401 Å². The summed E-state index contributed by atoms with van der Waals surface area (Å²) in [5.41, 5.74) is -2.22. The summed E-state index contributed by atoms with van der Waals surface area (Å²) in [7, 11) is 4.68. The predicted molar refractivity (Wildman–Crippen MR) is 245 cm³/mol. The van der Waals surface area contributed by atoms with E-state index < -0.39 is 103 Å². The Bertz CT molecular complexity index is 1940. The van der Waals surface area contributed by atoms with Crippen LogP contribution in [0.1, 0.15) is 117 Å². The topological polar surface area (TPSA) is 196 Å². The smallest absolute Gasteiger partial charge is 0.338 e. The van der Waals surface area contributed by atoms with E-state index in [0.29, 0.717) is 37.7 Å². The molecule has 16 nitrogen and oxygen atoms in total. The van der Waals surface area contributed by atoms with Crippen molar-refractivity contribution >= 4 is 11.9 Å². The number of rotatable bonds is 13. The third kappa shape index (κ3) is 9.14. The van der Waals surface area contributed by atoms with E-state index in [0.717, 1.165) is 19.3 Å². The minimum Gasteiger partial charge on any atom is -0.463 e. The van der Waals surface area contributed by atoms with E-state index >= 15 is 0 Å². The van der Waals surface area contributed by atoms with Crippen LogP contribution >= 0.6 is 0 Å². The van der Waals surface area contributed by atoms with Gasteiger partial charge in [0.1, 0.15) is 42.7 Å². The van der Waals surface area contributed by atoms with Gasteiger partial charge in [0.25, 0.3) is 0 Å². The first-order valence-electron chi connectivity index (χ1n) is 24.9. The van der Waals surface area contributed by atoms with Gasteiger partial charge < -0.3 is 67.4 Å². The number of aliphatic hydroxyl groups is 3. The molecule has 16 heteroatoms. The van der Waals surface area contributed by atoms with Gasteiger partial charge in [-0.05, 0) is 95.1 Å². The molecule has 3 saturated carbocycles. The Kier molecular flexibility index (Phi) is 15.3. The van der Waals surface area contributed by atoms with Gasteiger partial charge in [-0.3, -0.25) is 4.79 Å². The van der Waals surface area contributed by atoms with E-state index in [-0.39, 0.29) is 46.8 Å². The predicted octanol–water partition coefficient (Wildman–Crippen LogP) is 5.65. The van der Waals surface area contributed by atoms with Crippen molar-refractivity contribution in [3.63, 3.8) is 0 Å². The van der Waals surface area contributed by atoms with Gasteiger partial charge in [-0.1, -0.05) is 51.1 Å². The van der Waals surface area contributed by atoms with Crippen LogP contribution < -0.4 is 0 Å². The highest BCUT2D eigenvalue weighted by Crippen LogP contribution is 2.71. The summed E-state index contributed by atoms with van der Waals surface area (Å²) in [6, 6.07) is 9.00. The first-order valence-corrected chi connectivity index (χ1v) is 24.9. The lowest BCUT2D eigenvalue weighted by molar-refractivity contribution is -0.352. The van der Waals surface area contributed by atoms with Crippen LogP contribution in [0.25, 0.3) is 0 Å². The lowest BCUT2D eigenvalue weighted by Crippen LogP contribution is -2.68. The van der Waals surface area contributed by atoms with Crippen molar-refractivity contribution in [1.29, 1.82) is 0 Å². The summed E-state index contributed by atoms with van der Waals surface area (Å²) in [5.74, 6) is -1.22. The molecule has 3 aliphatic heterocycles. The number of hydrogen-bond donors (Lipinski definition) is 3. The summed E-state index contributed by atoms with van der Waals surface area (Å²) in [5, 5.41) is 34.6. The normalized spacial score (nSPS) is 48.4. The monoisotopic (exact) mass is 959 g/mol. The van der Waals surface area contributed by atoms with Crippen molar-refractivity contribution in [3.05, 3.63) is 48.0 Å². The lowest BCUT2D eigenvalue weighted by atomic mass is 9.41. The van der Waals surface area contributed by atoms with E-state index in [2.05, 4.69) is 26.0 Å². The largest absolute Gasteiger partial charge is 0.463 e. The Morgan fingerprint density at radius 3 is 2.01 bits per heavy atom. The Morgan fingerprint density at radius 1 is 0.765 bits per heavy atom. The molecule has 6 fully saturated rings. The lowest BCUT2D eigenvalue weighted by Gasteiger charge is -2.66. The molecular formula is C52H78O16. The molecule has 0 radical (unpaired) electrons. The standard InChI is InChI=1S/C52H78O16/c1-27(61-31(5)53)34-19-22-52(57)35-18-20-49(6)26-33(17-21-50(49,7)36(35)23-39(51(34,52)8)66-47(56)32-15-13-12-14-16-32)65-40-24-37(58-9)44(29(3)62-40)67-41-25-38(59-10)45(30(4)63-41)68-48-43(55)46(60-11)42(54)28(2)64-48/h12-16,18,20,27-30,33-46,48,54-55,57H,17,19,21-26H2,1-11H3/t27?,28-,29-,30-,33+,34-,35-,36+,37+,38+,39-,40+,41+,42-,43-,44-,45-,46-,48+,49+,50-,51+,52+/m1/s1. The molecule has 68 heavy (non-hydrogen) atoms. The van der Waals surface area contributed by atoms with Gasteiger partial charge >= 0.3 is 11.9 Å². The molecule has 1 aromatic carbocycles. The molecule has 382 valence electrons. The first-order chi connectivity index (χ1) is 32.2. The first kappa shape index (κ1) is 51.8. The molecule has 0 amide bonds. The number of carbonyl (C=O) groups excluding carboxylic acids is 2. The maximum absolute atomic E-state index is 13.9. The fourth-order valence-electron chi connectivity index (χ4n) is 14.0. The van der Waals surface area contributed by atoms with Gasteiger partial charge in [0.05, 0.1) is 47.8 Å². The van der Waals surface area contributed by atoms with Gasteiger partial charge in [0, 0.05) is 58.3 Å². The highest BCUT2D eigenvalue weighted by atomic mass is 16.8. The van der Waals surface area contributed by atoms with Crippen LogP contribution in [-0.4, -0.2) is 152 Å². The molecule has 0 aromatic heterocycles. The molecule has 1 unspecified atom stereocenters. The maximum atomic E-state index is 13.9. The van der Waals surface area contributed by atoms with Crippen molar-refractivity contribution in [1.82, 2.24) is 0 Å². The van der Waals surface area contributed by atoms with Crippen molar-refractivity contribution in [2.24, 2.45) is 34.0 Å². The number of ether oxygens (including phenoxy) is 11. The molecule has 4 aliphatic carbocycles. The second-order valence-corrected chi connectivity index (χ2v) is 21.6. The number of hydrogen-bond acceptors (Lipinski definition) is 16. The van der Waals surface area contributed by atoms with Crippen LogP contribution in [0.15, 0.2) is 42.5 Å². The summed E-state index contributed by atoms with van der Waals surface area (Å²) < 4.78 is 68.2. The molecule has 1 aromatic rings. The van der Waals surface area contributed by atoms with E-state index in [4.69, 9.17) is 52.1 Å². The molecule has 3 N–H and O–H groups in total. The summed E-state index contributed by atoms with van der Waals surface area (Å²) >= 11 is 0. The van der Waals surface area contributed by atoms with Crippen molar-refractivity contribution in [3.8, 4) is 0 Å². The average Bonchev–Trinajstić information content (AvgIpc) is 3.59. The fourth-order valence-corrected chi connectivity index (χ4v) is 14.0. The zero-order valence-corrected chi connectivity index (χ0v) is 41.8. The van der Waals surface area contributed by atoms with E-state index in [1.54, 1.807) is 33.3 Å². The number of esters is 2. The summed E-state index contributed by atoms with van der Waals surface area (Å²) in [6.07, 6.45) is -0.775. The Balaban J connectivity index is 0.929. The second kappa shape index (κ2) is 20.1. The number of fused-ring (bicyclic) bond motifs is 5. The molecule has 7 aliphatic rings. The maximum Gasteiger partial charge on any atom is 0.338 e. The fraction of sp³-hybridized carbons (Fsp3) is 0.808. The van der Waals surface area contributed by atoms with Crippen LogP contribution in [0.3, 0.4) is 0 Å². The highest BCUT2D eigenvalue weighted by molar-refractivity contribution is 5.89. The number of aliphatic hydroxyl groups excluding tert-OH is 2. The SMILES string of the molecule is CO[C@H]1[C@@H](O)[C@H](O[C@H]2[C@@H](OC)C[C@H](O[C@H]3[C@@H](OC)C[C@H](O[C@H]4CC[C@]5(C)[C@H]6C[C@@H](OC(=O)c7ccccc7)[C@]7(C)[C@@H](C(C)OC(C)=O)CC[C@]7(O)[C@@H]6C=C[C@@]5(C)C4)O[C@@H]3C)O[C@@H]2C)O[C@H](C)[C@H]1O. The molecule has 0 bridgehead atoms. The number of carbonyl (C=O) groups is 2. The average molecular weight is 959 g/mol. The van der Waals surface area contributed by atoms with Gasteiger partial charge in [0.15, 0.2) is 18.9 Å². The van der Waals surface area contributed by atoms with Crippen LogP contribution in [0.5, 0.6) is 0 Å². The van der Waals surface area contributed by atoms with Crippen LogP contribution in [-0.2, 0) is 56.9 Å². The van der Waals surface area contributed by atoms with Gasteiger partial charge in [-0.25, -0.2) is 4.79 Å². The van der Waals surface area contributed by atoms with Crippen LogP contribution in [0.4, 0.5) is 0 Å². The van der Waals surface area contributed by atoms with Gasteiger partial charge in [0.2, 0.25) is 0 Å².